The van der Waals surface area contributed by atoms with Gasteiger partial charge in [0.1, 0.15) is 17.5 Å². The molecule has 4 heteroatoms. The summed E-state index contributed by atoms with van der Waals surface area (Å²) in [6.45, 7) is 7.05. The monoisotopic (exact) mass is 253 g/mol. The van der Waals surface area contributed by atoms with Crippen molar-refractivity contribution in [1.82, 2.24) is 0 Å². The molecule has 1 aromatic carbocycles. The van der Waals surface area contributed by atoms with Crippen LogP contribution in [-0.2, 0) is 16.0 Å². The molecule has 0 unspecified atom stereocenters. The minimum atomic E-state index is -0.728. The van der Waals surface area contributed by atoms with Crippen LogP contribution in [0.25, 0.3) is 0 Å². The van der Waals surface area contributed by atoms with Crippen LogP contribution in [0, 0.1) is 12.7 Å². The number of benzene rings is 1. The lowest BCUT2D eigenvalue weighted by Gasteiger charge is -2.22. The summed E-state index contributed by atoms with van der Waals surface area (Å²) in [4.78, 5) is 11.7. The van der Waals surface area contributed by atoms with E-state index >= 15 is 0 Å². The molecule has 3 nitrogen and oxygen atoms in total. The normalized spacial score (nSPS) is 13.2. The number of esters is 1. The quantitative estimate of drug-likeness (QED) is 0.841. The third-order valence-electron chi connectivity index (χ3n) is 2.39. The van der Waals surface area contributed by atoms with Crippen LogP contribution in [0.3, 0.4) is 0 Å². The van der Waals surface area contributed by atoms with Crippen molar-refractivity contribution in [1.29, 1.82) is 0 Å². The third kappa shape index (κ3) is 4.45. The fraction of sp³-hybridized carbons (Fsp3) is 0.500. The zero-order chi connectivity index (χ0) is 13.9. The van der Waals surface area contributed by atoms with E-state index in [2.05, 4.69) is 0 Å². The Kier molecular flexibility index (Phi) is 4.46. The summed E-state index contributed by atoms with van der Waals surface area (Å²) in [7, 11) is 0. The highest BCUT2D eigenvalue weighted by Crippen LogP contribution is 2.13. The van der Waals surface area contributed by atoms with Gasteiger partial charge >= 0.3 is 5.97 Å². The average molecular weight is 253 g/mol. The molecule has 0 aromatic heterocycles. The molecule has 0 amide bonds. The Morgan fingerprint density at radius 1 is 1.44 bits per heavy atom. The number of rotatable bonds is 3. The molecule has 0 aliphatic carbocycles. The van der Waals surface area contributed by atoms with Gasteiger partial charge in [0.2, 0.25) is 0 Å². The minimum Gasteiger partial charge on any atom is -0.459 e. The van der Waals surface area contributed by atoms with E-state index in [1.165, 1.54) is 6.07 Å². The molecule has 2 N–H and O–H groups in total. The molecule has 100 valence electrons. The maximum Gasteiger partial charge on any atom is 0.323 e. The van der Waals surface area contributed by atoms with Gasteiger partial charge in [-0.3, -0.25) is 4.79 Å². The lowest BCUT2D eigenvalue weighted by atomic mass is 10.0. The number of hydrogen-bond donors (Lipinski definition) is 1. The smallest absolute Gasteiger partial charge is 0.323 e. The zero-order valence-electron chi connectivity index (χ0n) is 11.3. The summed E-state index contributed by atoms with van der Waals surface area (Å²) in [5.41, 5.74) is 6.60. The second-order valence-corrected chi connectivity index (χ2v) is 5.43. The Morgan fingerprint density at radius 2 is 2.06 bits per heavy atom. The van der Waals surface area contributed by atoms with E-state index in [4.69, 9.17) is 10.5 Å². The molecular formula is C14H20FNO2. The first-order chi connectivity index (χ1) is 8.19. The highest BCUT2D eigenvalue weighted by atomic mass is 19.1. The van der Waals surface area contributed by atoms with Gasteiger partial charge in [0.25, 0.3) is 0 Å². The van der Waals surface area contributed by atoms with Crippen LogP contribution in [0.5, 0.6) is 0 Å². The zero-order valence-corrected chi connectivity index (χ0v) is 11.3. The van der Waals surface area contributed by atoms with Crippen molar-refractivity contribution in [3.05, 3.63) is 35.1 Å². The Labute approximate surface area is 107 Å². The largest absolute Gasteiger partial charge is 0.459 e. The molecule has 0 heterocycles. The van der Waals surface area contributed by atoms with E-state index < -0.39 is 17.6 Å². The average Bonchev–Trinajstić information content (AvgIpc) is 2.21. The van der Waals surface area contributed by atoms with Crippen molar-refractivity contribution < 1.29 is 13.9 Å². The number of carbonyl (C=O) groups is 1. The van der Waals surface area contributed by atoms with Gasteiger partial charge in [0, 0.05) is 0 Å². The van der Waals surface area contributed by atoms with Gasteiger partial charge in [-0.2, -0.15) is 0 Å². The topological polar surface area (TPSA) is 52.3 Å². The molecule has 0 aliphatic heterocycles. The molecule has 1 rings (SSSR count). The van der Waals surface area contributed by atoms with Crippen LogP contribution in [0.2, 0.25) is 0 Å². The number of halogens is 1. The molecule has 0 bridgehead atoms. The molecule has 0 saturated heterocycles. The first-order valence-corrected chi connectivity index (χ1v) is 5.92. The van der Waals surface area contributed by atoms with E-state index in [1.807, 2.05) is 0 Å². The number of carbonyl (C=O) groups excluding carboxylic acids is 1. The lowest BCUT2D eigenvalue weighted by Crippen LogP contribution is -2.38. The second-order valence-electron chi connectivity index (χ2n) is 5.43. The molecule has 1 atom stereocenters. The molecule has 0 aliphatic rings. The minimum absolute atomic E-state index is 0.260. The highest BCUT2D eigenvalue weighted by Gasteiger charge is 2.22. The summed E-state index contributed by atoms with van der Waals surface area (Å²) in [5, 5.41) is 0. The Morgan fingerprint density at radius 3 is 2.56 bits per heavy atom. The Hall–Kier alpha value is -1.42. The standard InChI is InChI=1S/C14H20FNO2/c1-9-7-10(5-6-11(9)15)8-12(16)13(17)18-14(2,3)4/h5-7,12H,8,16H2,1-4H3/t12-/m0/s1. The van der Waals surface area contributed by atoms with E-state index in [0.29, 0.717) is 12.0 Å². The molecular weight excluding hydrogens is 233 g/mol. The van der Waals surface area contributed by atoms with E-state index in [-0.39, 0.29) is 5.82 Å². The number of hydrogen-bond acceptors (Lipinski definition) is 3. The summed E-state index contributed by atoms with van der Waals surface area (Å²) in [5.74, 6) is -0.700. The van der Waals surface area contributed by atoms with Gasteiger partial charge in [-0.25, -0.2) is 4.39 Å². The summed E-state index contributed by atoms with van der Waals surface area (Å²) in [6.07, 6.45) is 0.343. The SMILES string of the molecule is Cc1cc(C[C@H](N)C(=O)OC(C)(C)C)ccc1F. The van der Waals surface area contributed by atoms with Gasteiger partial charge < -0.3 is 10.5 Å². The van der Waals surface area contributed by atoms with Gasteiger partial charge in [-0.05, 0) is 51.3 Å². The number of ether oxygens (including phenoxy) is 1. The first-order valence-electron chi connectivity index (χ1n) is 5.92. The fourth-order valence-electron chi connectivity index (χ4n) is 1.55. The predicted molar refractivity (Wildman–Crippen MR) is 68.7 cm³/mol. The van der Waals surface area contributed by atoms with Gasteiger partial charge in [0.15, 0.2) is 0 Å². The van der Waals surface area contributed by atoms with Crippen molar-refractivity contribution in [2.75, 3.05) is 0 Å². The Bertz CT molecular complexity index is 438. The molecule has 18 heavy (non-hydrogen) atoms. The number of nitrogens with two attached hydrogens (primary N) is 1. The number of aryl methyl sites for hydroxylation is 1. The van der Waals surface area contributed by atoms with Crippen molar-refractivity contribution >= 4 is 5.97 Å². The van der Waals surface area contributed by atoms with Gasteiger partial charge in [0.05, 0.1) is 0 Å². The second kappa shape index (κ2) is 5.48. The summed E-state index contributed by atoms with van der Waals surface area (Å²) >= 11 is 0. The van der Waals surface area contributed by atoms with Crippen LogP contribution < -0.4 is 5.73 Å². The lowest BCUT2D eigenvalue weighted by molar-refractivity contribution is -0.156. The fourth-order valence-corrected chi connectivity index (χ4v) is 1.55. The van der Waals surface area contributed by atoms with Crippen LogP contribution in [-0.4, -0.2) is 17.6 Å². The molecule has 1 aromatic rings. The van der Waals surface area contributed by atoms with Crippen molar-refractivity contribution in [3.8, 4) is 0 Å². The highest BCUT2D eigenvalue weighted by molar-refractivity contribution is 5.76. The summed E-state index contributed by atoms with van der Waals surface area (Å²) < 4.78 is 18.3. The van der Waals surface area contributed by atoms with E-state index in [1.54, 1.807) is 39.8 Å². The van der Waals surface area contributed by atoms with Crippen molar-refractivity contribution in [3.63, 3.8) is 0 Å². The first kappa shape index (κ1) is 14.6. The van der Waals surface area contributed by atoms with Crippen LogP contribution in [0.1, 0.15) is 31.9 Å². The van der Waals surface area contributed by atoms with Gasteiger partial charge in [-0.1, -0.05) is 12.1 Å². The van der Waals surface area contributed by atoms with Crippen molar-refractivity contribution in [2.24, 2.45) is 5.73 Å². The summed E-state index contributed by atoms with van der Waals surface area (Å²) in [6, 6.07) is 3.98. The van der Waals surface area contributed by atoms with Crippen LogP contribution in [0.15, 0.2) is 18.2 Å². The van der Waals surface area contributed by atoms with Gasteiger partial charge in [-0.15, -0.1) is 0 Å². The van der Waals surface area contributed by atoms with E-state index in [9.17, 15) is 9.18 Å². The van der Waals surface area contributed by atoms with E-state index in [0.717, 1.165) is 5.56 Å². The third-order valence-corrected chi connectivity index (χ3v) is 2.39. The molecule has 0 fully saturated rings. The molecule has 0 spiro atoms. The Balaban J connectivity index is 2.66. The maximum atomic E-state index is 13.1. The predicted octanol–water partition coefficient (Wildman–Crippen LogP) is 2.35. The van der Waals surface area contributed by atoms with Crippen molar-refractivity contribution in [2.45, 2.75) is 45.8 Å². The van der Waals surface area contributed by atoms with Crippen LogP contribution in [0.4, 0.5) is 4.39 Å². The maximum absolute atomic E-state index is 13.1. The van der Waals surface area contributed by atoms with Crippen LogP contribution >= 0.6 is 0 Å². The molecule has 0 saturated carbocycles. The molecule has 0 radical (unpaired) electrons.